The molecule has 0 aliphatic heterocycles. The van der Waals surface area contributed by atoms with E-state index in [1.165, 1.54) is 5.56 Å². The van der Waals surface area contributed by atoms with Crippen molar-refractivity contribution in [1.29, 1.82) is 0 Å². The Morgan fingerprint density at radius 2 is 1.68 bits per heavy atom. The van der Waals surface area contributed by atoms with Crippen molar-refractivity contribution in [3.05, 3.63) is 77.5 Å². The van der Waals surface area contributed by atoms with Gasteiger partial charge in [-0.2, -0.15) is 5.10 Å². The number of benzene rings is 2. The maximum absolute atomic E-state index is 11.6. The van der Waals surface area contributed by atoms with Gasteiger partial charge in [0.15, 0.2) is 0 Å². The number of nitrogens with zero attached hydrogens (tertiary/aromatic N) is 2. The van der Waals surface area contributed by atoms with E-state index in [9.17, 15) is 9.90 Å². The Bertz CT molecular complexity index is 873. The van der Waals surface area contributed by atoms with E-state index in [2.05, 4.69) is 38.0 Å². The Morgan fingerprint density at radius 3 is 2.24 bits per heavy atom. The quantitative estimate of drug-likeness (QED) is 0.759. The number of hydrogen-bond donors (Lipinski definition) is 1. The molecule has 0 radical (unpaired) electrons. The summed E-state index contributed by atoms with van der Waals surface area (Å²) < 4.78 is 1.55. The smallest absolute Gasteiger partial charge is 0.354 e. The van der Waals surface area contributed by atoms with Gasteiger partial charge in [-0.1, -0.05) is 75.4 Å². The molecule has 4 nitrogen and oxygen atoms in total. The third-order valence-electron chi connectivity index (χ3n) is 4.22. The number of aromatic carboxylic acids is 1. The zero-order valence-corrected chi connectivity index (χ0v) is 14.7. The summed E-state index contributed by atoms with van der Waals surface area (Å²) in [7, 11) is 0. The Labute approximate surface area is 147 Å². The van der Waals surface area contributed by atoms with Crippen molar-refractivity contribution in [2.45, 2.75) is 32.7 Å². The van der Waals surface area contributed by atoms with Crippen molar-refractivity contribution >= 4 is 5.97 Å². The van der Waals surface area contributed by atoms with E-state index >= 15 is 0 Å². The second-order valence-electron chi connectivity index (χ2n) is 7.19. The number of carbonyl (C=O) groups is 1. The molecule has 0 saturated carbocycles. The maximum atomic E-state index is 11.6. The van der Waals surface area contributed by atoms with Gasteiger partial charge in [0.1, 0.15) is 5.69 Å². The first-order valence-electron chi connectivity index (χ1n) is 8.30. The Balaban J connectivity index is 1.95. The number of hydrogen-bond acceptors (Lipinski definition) is 2. The molecule has 0 spiro atoms. The van der Waals surface area contributed by atoms with Gasteiger partial charge in [0, 0.05) is 5.56 Å². The standard InChI is InChI=1S/C21H22N2O2/c1-21(2,3)17-11-9-16(10-12-17)18-13-19(20(24)25)23(22-18)14-15-7-5-4-6-8-15/h4-13H,14H2,1-3H3,(H,24,25). The van der Waals surface area contributed by atoms with Crippen LogP contribution in [-0.4, -0.2) is 20.9 Å². The third-order valence-corrected chi connectivity index (χ3v) is 4.22. The van der Waals surface area contributed by atoms with Crippen LogP contribution in [0.4, 0.5) is 0 Å². The van der Waals surface area contributed by atoms with Gasteiger partial charge >= 0.3 is 5.97 Å². The van der Waals surface area contributed by atoms with Gasteiger partial charge in [-0.15, -0.1) is 0 Å². The predicted molar refractivity (Wildman–Crippen MR) is 98.9 cm³/mol. The fourth-order valence-electron chi connectivity index (χ4n) is 2.75. The van der Waals surface area contributed by atoms with Crippen LogP contribution in [0.2, 0.25) is 0 Å². The van der Waals surface area contributed by atoms with Crippen molar-refractivity contribution in [1.82, 2.24) is 9.78 Å². The SMILES string of the molecule is CC(C)(C)c1ccc(-c2cc(C(=O)O)n(Cc3ccccc3)n2)cc1. The minimum absolute atomic E-state index is 0.0808. The molecule has 0 aliphatic rings. The molecule has 25 heavy (non-hydrogen) atoms. The lowest BCUT2D eigenvalue weighted by Gasteiger charge is -2.18. The molecular formula is C21H22N2O2. The van der Waals surface area contributed by atoms with E-state index in [1.807, 2.05) is 42.5 Å². The van der Waals surface area contributed by atoms with Crippen molar-refractivity contribution in [2.24, 2.45) is 0 Å². The highest BCUT2D eigenvalue weighted by Gasteiger charge is 2.17. The van der Waals surface area contributed by atoms with Crippen LogP contribution >= 0.6 is 0 Å². The van der Waals surface area contributed by atoms with E-state index in [0.717, 1.165) is 11.1 Å². The molecule has 0 saturated heterocycles. The lowest BCUT2D eigenvalue weighted by molar-refractivity contribution is 0.0684. The molecule has 0 bridgehead atoms. The molecule has 3 aromatic rings. The normalized spacial score (nSPS) is 11.5. The van der Waals surface area contributed by atoms with E-state index in [-0.39, 0.29) is 11.1 Å². The number of carboxylic acid groups (broad SMARTS) is 1. The van der Waals surface area contributed by atoms with Crippen LogP contribution in [0.25, 0.3) is 11.3 Å². The van der Waals surface area contributed by atoms with E-state index in [1.54, 1.807) is 10.7 Å². The van der Waals surface area contributed by atoms with Crippen LogP contribution in [-0.2, 0) is 12.0 Å². The van der Waals surface area contributed by atoms with Gasteiger partial charge in [0.25, 0.3) is 0 Å². The molecule has 128 valence electrons. The van der Waals surface area contributed by atoms with Crippen LogP contribution in [0.15, 0.2) is 60.7 Å². The van der Waals surface area contributed by atoms with Crippen molar-refractivity contribution in [3.8, 4) is 11.3 Å². The van der Waals surface area contributed by atoms with E-state index < -0.39 is 5.97 Å². The molecule has 0 atom stereocenters. The van der Waals surface area contributed by atoms with Crippen LogP contribution in [0.3, 0.4) is 0 Å². The highest BCUT2D eigenvalue weighted by atomic mass is 16.4. The van der Waals surface area contributed by atoms with Gasteiger partial charge in [-0.05, 0) is 22.6 Å². The van der Waals surface area contributed by atoms with Crippen LogP contribution in [0, 0.1) is 0 Å². The second-order valence-corrected chi connectivity index (χ2v) is 7.19. The molecule has 0 fully saturated rings. The van der Waals surface area contributed by atoms with Crippen molar-refractivity contribution in [2.75, 3.05) is 0 Å². The molecule has 1 N–H and O–H groups in total. The van der Waals surface area contributed by atoms with Crippen LogP contribution < -0.4 is 0 Å². The first-order chi connectivity index (χ1) is 11.8. The summed E-state index contributed by atoms with van der Waals surface area (Å²) in [5, 5.41) is 14.0. The Kier molecular flexibility index (Phi) is 4.45. The maximum Gasteiger partial charge on any atom is 0.354 e. The molecule has 0 aliphatic carbocycles. The van der Waals surface area contributed by atoms with Crippen LogP contribution in [0.5, 0.6) is 0 Å². The molecule has 1 heterocycles. The fraction of sp³-hybridized carbons (Fsp3) is 0.238. The summed E-state index contributed by atoms with van der Waals surface area (Å²) in [4.78, 5) is 11.6. The monoisotopic (exact) mass is 334 g/mol. The Hall–Kier alpha value is -2.88. The highest BCUT2D eigenvalue weighted by molar-refractivity contribution is 5.87. The summed E-state index contributed by atoms with van der Waals surface area (Å²) >= 11 is 0. The largest absolute Gasteiger partial charge is 0.477 e. The number of aromatic nitrogens is 2. The topological polar surface area (TPSA) is 55.1 Å². The first-order valence-corrected chi connectivity index (χ1v) is 8.30. The summed E-state index contributed by atoms with van der Waals surface area (Å²) in [6.45, 7) is 6.93. The second kappa shape index (κ2) is 6.55. The molecule has 4 heteroatoms. The van der Waals surface area contributed by atoms with Crippen molar-refractivity contribution in [3.63, 3.8) is 0 Å². The highest BCUT2D eigenvalue weighted by Crippen LogP contribution is 2.26. The first kappa shape index (κ1) is 17.0. The lowest BCUT2D eigenvalue weighted by Crippen LogP contribution is -2.11. The minimum atomic E-state index is -0.971. The minimum Gasteiger partial charge on any atom is -0.477 e. The summed E-state index contributed by atoms with van der Waals surface area (Å²) in [6.07, 6.45) is 0. The molecule has 2 aromatic carbocycles. The number of carboxylic acids is 1. The summed E-state index contributed by atoms with van der Waals surface area (Å²) in [5.74, 6) is -0.971. The average molecular weight is 334 g/mol. The fourth-order valence-corrected chi connectivity index (χ4v) is 2.75. The predicted octanol–water partition coefficient (Wildman–Crippen LogP) is 4.59. The van der Waals surface area contributed by atoms with Gasteiger partial charge < -0.3 is 5.11 Å². The molecule has 0 unspecified atom stereocenters. The van der Waals surface area contributed by atoms with Gasteiger partial charge in [-0.25, -0.2) is 4.79 Å². The molecule has 0 amide bonds. The van der Waals surface area contributed by atoms with E-state index in [0.29, 0.717) is 12.2 Å². The van der Waals surface area contributed by atoms with Crippen LogP contribution in [0.1, 0.15) is 42.4 Å². The molecule has 3 rings (SSSR count). The Morgan fingerprint density at radius 1 is 1.04 bits per heavy atom. The van der Waals surface area contributed by atoms with Gasteiger partial charge in [-0.3, -0.25) is 4.68 Å². The summed E-state index contributed by atoms with van der Waals surface area (Å²) in [5.41, 5.74) is 4.12. The number of rotatable bonds is 4. The molecular weight excluding hydrogens is 312 g/mol. The molecule has 1 aromatic heterocycles. The van der Waals surface area contributed by atoms with Gasteiger partial charge in [0.05, 0.1) is 12.2 Å². The van der Waals surface area contributed by atoms with Gasteiger partial charge in [0.2, 0.25) is 0 Å². The average Bonchev–Trinajstić information content (AvgIpc) is 2.99. The van der Waals surface area contributed by atoms with E-state index in [4.69, 9.17) is 0 Å². The lowest BCUT2D eigenvalue weighted by atomic mass is 9.86. The zero-order chi connectivity index (χ0) is 18.0. The zero-order valence-electron chi connectivity index (χ0n) is 14.7. The summed E-state index contributed by atoms with van der Waals surface area (Å²) in [6, 6.07) is 19.5. The third kappa shape index (κ3) is 3.79. The van der Waals surface area contributed by atoms with Crippen molar-refractivity contribution < 1.29 is 9.90 Å².